The van der Waals surface area contributed by atoms with E-state index in [2.05, 4.69) is 17.1 Å². The fourth-order valence-corrected chi connectivity index (χ4v) is 1.39. The Bertz CT molecular complexity index is 349. The molecule has 0 saturated heterocycles. The molecule has 1 aromatic rings. The Hall–Kier alpha value is -1.39. The van der Waals surface area contributed by atoms with Crippen molar-refractivity contribution in [2.45, 2.75) is 46.0 Å². The molecule has 0 aliphatic rings. The van der Waals surface area contributed by atoms with Crippen molar-refractivity contribution in [2.24, 2.45) is 5.92 Å². The van der Waals surface area contributed by atoms with E-state index in [1.165, 1.54) is 0 Å². The van der Waals surface area contributed by atoms with E-state index in [0.717, 1.165) is 6.42 Å². The van der Waals surface area contributed by atoms with Crippen LogP contribution >= 0.6 is 0 Å². The second-order valence-electron chi connectivity index (χ2n) is 4.25. The Labute approximate surface area is 94.9 Å². The highest BCUT2D eigenvalue weighted by molar-refractivity contribution is 5.66. The molecule has 0 fully saturated rings. The Morgan fingerprint density at radius 2 is 2.12 bits per heavy atom. The Morgan fingerprint density at radius 3 is 2.69 bits per heavy atom. The summed E-state index contributed by atoms with van der Waals surface area (Å²) in [5.74, 6) is 0.650. The van der Waals surface area contributed by atoms with Crippen LogP contribution in [0, 0.1) is 5.92 Å². The van der Waals surface area contributed by atoms with Gasteiger partial charge in [0.15, 0.2) is 0 Å². The summed E-state index contributed by atoms with van der Waals surface area (Å²) in [6, 6.07) is 0. The third-order valence-corrected chi connectivity index (χ3v) is 2.56. The zero-order valence-electron chi connectivity index (χ0n) is 9.93. The van der Waals surface area contributed by atoms with Crippen LogP contribution in [0.5, 0.6) is 0 Å². The van der Waals surface area contributed by atoms with Crippen LogP contribution in [0.3, 0.4) is 0 Å². The second-order valence-corrected chi connectivity index (χ2v) is 4.25. The van der Waals surface area contributed by atoms with Gasteiger partial charge in [-0.3, -0.25) is 4.79 Å². The van der Waals surface area contributed by atoms with Crippen LogP contribution in [-0.4, -0.2) is 21.3 Å². The predicted molar refractivity (Wildman–Crippen MR) is 58.1 cm³/mol. The molecule has 16 heavy (non-hydrogen) atoms. The van der Waals surface area contributed by atoms with Gasteiger partial charge in [0.2, 0.25) is 11.8 Å². The summed E-state index contributed by atoms with van der Waals surface area (Å²) in [6.07, 6.45) is 1.60. The SMILES string of the molecule is CCC(C)c1nnc(CC(C)CC(=O)O)o1. The first-order valence-corrected chi connectivity index (χ1v) is 5.57. The third kappa shape index (κ3) is 3.64. The largest absolute Gasteiger partial charge is 0.481 e. The van der Waals surface area contributed by atoms with E-state index in [-0.39, 0.29) is 18.3 Å². The molecule has 0 aliphatic heterocycles. The first-order chi connectivity index (χ1) is 7.52. The molecular weight excluding hydrogens is 208 g/mol. The average molecular weight is 226 g/mol. The molecule has 2 unspecified atom stereocenters. The molecule has 1 aromatic heterocycles. The van der Waals surface area contributed by atoms with Crippen molar-refractivity contribution in [3.8, 4) is 0 Å². The van der Waals surface area contributed by atoms with E-state index in [0.29, 0.717) is 18.2 Å². The maximum absolute atomic E-state index is 10.5. The highest BCUT2D eigenvalue weighted by atomic mass is 16.4. The molecule has 5 nitrogen and oxygen atoms in total. The van der Waals surface area contributed by atoms with Crippen molar-refractivity contribution in [3.05, 3.63) is 11.8 Å². The van der Waals surface area contributed by atoms with Gasteiger partial charge in [0.25, 0.3) is 0 Å². The van der Waals surface area contributed by atoms with E-state index in [9.17, 15) is 4.79 Å². The van der Waals surface area contributed by atoms with Crippen molar-refractivity contribution in [2.75, 3.05) is 0 Å². The minimum absolute atomic E-state index is 0.0164. The van der Waals surface area contributed by atoms with Crippen LogP contribution in [-0.2, 0) is 11.2 Å². The van der Waals surface area contributed by atoms with E-state index in [1.54, 1.807) is 0 Å². The van der Waals surface area contributed by atoms with Crippen LogP contribution in [0.1, 0.15) is 51.3 Å². The summed E-state index contributed by atoms with van der Waals surface area (Å²) in [7, 11) is 0. The summed E-state index contributed by atoms with van der Waals surface area (Å²) in [5, 5.41) is 16.5. The number of hydrogen-bond acceptors (Lipinski definition) is 4. The quantitative estimate of drug-likeness (QED) is 0.804. The molecule has 0 saturated carbocycles. The number of nitrogens with zero attached hydrogens (tertiary/aromatic N) is 2. The van der Waals surface area contributed by atoms with Crippen LogP contribution in [0.25, 0.3) is 0 Å². The Balaban J connectivity index is 2.54. The maximum Gasteiger partial charge on any atom is 0.303 e. The van der Waals surface area contributed by atoms with Crippen LogP contribution < -0.4 is 0 Å². The summed E-state index contributed by atoms with van der Waals surface area (Å²) < 4.78 is 5.47. The zero-order chi connectivity index (χ0) is 12.1. The number of carboxylic acids is 1. The Morgan fingerprint density at radius 1 is 1.44 bits per heavy atom. The minimum atomic E-state index is -0.797. The molecule has 0 aliphatic carbocycles. The highest BCUT2D eigenvalue weighted by Gasteiger charge is 2.15. The van der Waals surface area contributed by atoms with Crippen molar-refractivity contribution in [1.29, 1.82) is 0 Å². The van der Waals surface area contributed by atoms with Gasteiger partial charge in [-0.05, 0) is 12.3 Å². The summed E-state index contributed by atoms with van der Waals surface area (Å²) in [6.45, 7) is 5.95. The van der Waals surface area contributed by atoms with Gasteiger partial charge in [-0.15, -0.1) is 10.2 Å². The number of carbonyl (C=O) groups is 1. The monoisotopic (exact) mass is 226 g/mol. The van der Waals surface area contributed by atoms with E-state index < -0.39 is 5.97 Å². The summed E-state index contributed by atoms with van der Waals surface area (Å²) in [4.78, 5) is 10.5. The second kappa shape index (κ2) is 5.63. The van der Waals surface area contributed by atoms with E-state index in [4.69, 9.17) is 9.52 Å². The molecule has 0 bridgehead atoms. The molecule has 5 heteroatoms. The normalized spacial score (nSPS) is 14.7. The molecular formula is C11H18N2O3. The molecule has 1 N–H and O–H groups in total. The number of aromatic nitrogens is 2. The van der Waals surface area contributed by atoms with E-state index in [1.807, 2.05) is 13.8 Å². The molecule has 0 amide bonds. The molecule has 90 valence electrons. The fourth-order valence-electron chi connectivity index (χ4n) is 1.39. The lowest BCUT2D eigenvalue weighted by Gasteiger charge is -2.04. The molecule has 0 radical (unpaired) electrons. The van der Waals surface area contributed by atoms with Crippen LogP contribution in [0.4, 0.5) is 0 Å². The number of rotatable bonds is 6. The lowest BCUT2D eigenvalue weighted by Crippen LogP contribution is -2.07. The standard InChI is InChI=1S/C11H18N2O3/c1-4-8(3)11-13-12-9(16-11)5-7(2)6-10(14)15/h7-8H,4-6H2,1-3H3,(H,14,15). The van der Waals surface area contributed by atoms with Gasteiger partial charge < -0.3 is 9.52 Å². The lowest BCUT2D eigenvalue weighted by molar-refractivity contribution is -0.137. The zero-order valence-corrected chi connectivity index (χ0v) is 9.93. The lowest BCUT2D eigenvalue weighted by atomic mass is 10.0. The van der Waals surface area contributed by atoms with E-state index >= 15 is 0 Å². The van der Waals surface area contributed by atoms with Gasteiger partial charge in [0.1, 0.15) is 0 Å². The van der Waals surface area contributed by atoms with Crippen molar-refractivity contribution in [1.82, 2.24) is 10.2 Å². The van der Waals surface area contributed by atoms with Gasteiger partial charge in [-0.1, -0.05) is 20.8 Å². The van der Waals surface area contributed by atoms with Crippen molar-refractivity contribution in [3.63, 3.8) is 0 Å². The average Bonchev–Trinajstić information content (AvgIpc) is 2.63. The minimum Gasteiger partial charge on any atom is -0.481 e. The maximum atomic E-state index is 10.5. The fraction of sp³-hybridized carbons (Fsp3) is 0.727. The van der Waals surface area contributed by atoms with Crippen LogP contribution in [0.15, 0.2) is 4.42 Å². The molecule has 0 aromatic carbocycles. The van der Waals surface area contributed by atoms with Crippen molar-refractivity contribution < 1.29 is 14.3 Å². The first-order valence-electron chi connectivity index (χ1n) is 5.57. The molecule has 1 rings (SSSR count). The third-order valence-electron chi connectivity index (χ3n) is 2.56. The van der Waals surface area contributed by atoms with Gasteiger partial charge in [0, 0.05) is 18.8 Å². The Kier molecular flexibility index (Phi) is 4.46. The number of carboxylic acid groups (broad SMARTS) is 1. The molecule has 0 spiro atoms. The van der Waals surface area contributed by atoms with Gasteiger partial charge in [-0.2, -0.15) is 0 Å². The number of hydrogen-bond donors (Lipinski definition) is 1. The van der Waals surface area contributed by atoms with Gasteiger partial charge >= 0.3 is 5.97 Å². The van der Waals surface area contributed by atoms with Crippen LogP contribution in [0.2, 0.25) is 0 Å². The number of aliphatic carboxylic acids is 1. The van der Waals surface area contributed by atoms with Gasteiger partial charge in [-0.25, -0.2) is 0 Å². The van der Waals surface area contributed by atoms with Gasteiger partial charge in [0.05, 0.1) is 0 Å². The topological polar surface area (TPSA) is 76.2 Å². The first kappa shape index (κ1) is 12.7. The summed E-state index contributed by atoms with van der Waals surface area (Å²) >= 11 is 0. The smallest absolute Gasteiger partial charge is 0.303 e. The van der Waals surface area contributed by atoms with Crippen molar-refractivity contribution >= 4 is 5.97 Å². The highest BCUT2D eigenvalue weighted by Crippen LogP contribution is 2.18. The molecule has 2 atom stereocenters. The molecule has 1 heterocycles. The predicted octanol–water partition coefficient (Wildman–Crippen LogP) is 2.24. The summed E-state index contributed by atoms with van der Waals surface area (Å²) in [5.41, 5.74) is 0.